The highest BCUT2D eigenvalue weighted by molar-refractivity contribution is 7.89. The van der Waals surface area contributed by atoms with E-state index in [4.69, 9.17) is 17.3 Å². The van der Waals surface area contributed by atoms with Gasteiger partial charge in [0.1, 0.15) is 4.90 Å². The number of carbonyl (C=O) groups excluding carboxylic acids is 1. The molecule has 1 aliphatic carbocycles. The first-order chi connectivity index (χ1) is 11.8. The van der Waals surface area contributed by atoms with Crippen molar-refractivity contribution in [1.29, 1.82) is 0 Å². The first kappa shape index (κ1) is 21.4. The first-order valence-corrected chi connectivity index (χ1v) is 10.5. The second-order valence-corrected chi connectivity index (χ2v) is 9.24. The van der Waals surface area contributed by atoms with E-state index in [0.717, 1.165) is 32.1 Å². The average molecular weight is 422 g/mol. The lowest BCUT2D eigenvalue weighted by atomic mass is 9.82. The molecule has 0 radical (unpaired) electrons. The van der Waals surface area contributed by atoms with E-state index < -0.39 is 15.6 Å². The van der Waals surface area contributed by atoms with Gasteiger partial charge in [-0.05, 0) is 43.9 Å². The van der Waals surface area contributed by atoms with Crippen LogP contribution in [0.2, 0.25) is 5.02 Å². The van der Waals surface area contributed by atoms with Crippen LogP contribution in [-0.2, 0) is 14.8 Å². The van der Waals surface area contributed by atoms with Crippen LogP contribution in [-0.4, -0.2) is 37.3 Å². The molecule has 9 heteroatoms. The van der Waals surface area contributed by atoms with Crippen molar-refractivity contribution in [3.8, 4) is 0 Å². The van der Waals surface area contributed by atoms with Crippen LogP contribution in [0, 0.1) is 0 Å². The molecule has 2 aliphatic rings. The zero-order valence-electron chi connectivity index (χ0n) is 14.5. The largest absolute Gasteiger partial charge is 0.324 e. The lowest BCUT2D eigenvalue weighted by Gasteiger charge is -2.31. The Kier molecular flexibility index (Phi) is 6.96. The van der Waals surface area contributed by atoms with Gasteiger partial charge < -0.3 is 11.1 Å². The summed E-state index contributed by atoms with van der Waals surface area (Å²) in [5.41, 5.74) is 5.76. The van der Waals surface area contributed by atoms with E-state index in [0.29, 0.717) is 31.6 Å². The molecule has 1 heterocycles. The smallest absolute Gasteiger partial charge is 0.244 e. The predicted octanol–water partition coefficient (Wildman–Crippen LogP) is 3.15. The summed E-state index contributed by atoms with van der Waals surface area (Å²) in [6.07, 6.45) is 5.94. The van der Waals surface area contributed by atoms with E-state index in [1.54, 1.807) is 6.07 Å². The second kappa shape index (κ2) is 8.44. The lowest BCUT2D eigenvalue weighted by Crippen LogP contribution is -2.52. The van der Waals surface area contributed by atoms with Crippen LogP contribution in [0.5, 0.6) is 0 Å². The second-order valence-electron chi connectivity index (χ2n) is 6.93. The maximum Gasteiger partial charge on any atom is 0.244 e. The van der Waals surface area contributed by atoms with Crippen LogP contribution in [0.1, 0.15) is 44.9 Å². The molecule has 1 aromatic carbocycles. The molecule has 26 heavy (non-hydrogen) atoms. The summed E-state index contributed by atoms with van der Waals surface area (Å²) >= 11 is 6.13. The molecule has 1 amide bonds. The van der Waals surface area contributed by atoms with E-state index >= 15 is 0 Å². The summed E-state index contributed by atoms with van der Waals surface area (Å²) < 4.78 is 27.0. The molecule has 1 saturated carbocycles. The van der Waals surface area contributed by atoms with Gasteiger partial charge in [-0.25, -0.2) is 8.42 Å². The summed E-state index contributed by atoms with van der Waals surface area (Å²) in [5.74, 6) is -0.265. The van der Waals surface area contributed by atoms with Gasteiger partial charge in [-0.3, -0.25) is 4.79 Å². The highest BCUT2D eigenvalue weighted by Crippen LogP contribution is 2.31. The number of hydrogen-bond donors (Lipinski definition) is 2. The van der Waals surface area contributed by atoms with Gasteiger partial charge in [0.25, 0.3) is 0 Å². The zero-order chi connectivity index (χ0) is 18.1. The third-order valence-corrected chi connectivity index (χ3v) is 7.45. The number of nitrogens with zero attached hydrogens (tertiary/aromatic N) is 1. The van der Waals surface area contributed by atoms with Crippen LogP contribution >= 0.6 is 24.0 Å². The molecule has 0 atom stereocenters. The van der Waals surface area contributed by atoms with Crippen molar-refractivity contribution >= 4 is 45.6 Å². The summed E-state index contributed by atoms with van der Waals surface area (Å²) in [6, 6.07) is 4.54. The Balaban J connectivity index is 0.00000243. The van der Waals surface area contributed by atoms with Gasteiger partial charge in [0.2, 0.25) is 15.9 Å². The van der Waals surface area contributed by atoms with Crippen LogP contribution in [0.4, 0.5) is 5.69 Å². The fourth-order valence-electron chi connectivity index (χ4n) is 3.51. The normalized spacial score (nSPS) is 20.4. The molecular weight excluding hydrogens is 397 g/mol. The minimum atomic E-state index is -3.65. The van der Waals surface area contributed by atoms with E-state index in [9.17, 15) is 13.2 Å². The van der Waals surface area contributed by atoms with Crippen LogP contribution < -0.4 is 11.1 Å². The Labute approximate surface area is 165 Å². The Morgan fingerprint density at radius 1 is 1.12 bits per heavy atom. The van der Waals surface area contributed by atoms with Crippen molar-refractivity contribution < 1.29 is 13.2 Å². The number of benzene rings is 1. The number of sulfonamides is 1. The molecule has 146 valence electrons. The molecule has 1 aromatic rings. The van der Waals surface area contributed by atoms with Crippen LogP contribution in [0.15, 0.2) is 23.1 Å². The zero-order valence-corrected chi connectivity index (χ0v) is 16.9. The van der Waals surface area contributed by atoms with E-state index in [2.05, 4.69) is 5.32 Å². The van der Waals surface area contributed by atoms with Crippen molar-refractivity contribution in [3.63, 3.8) is 0 Å². The van der Waals surface area contributed by atoms with E-state index in [-0.39, 0.29) is 28.2 Å². The molecule has 0 bridgehead atoms. The topological polar surface area (TPSA) is 92.5 Å². The van der Waals surface area contributed by atoms with Gasteiger partial charge in [0.15, 0.2) is 0 Å². The fraction of sp³-hybridized carbons (Fsp3) is 0.588. The molecule has 0 spiro atoms. The maximum absolute atomic E-state index is 12.8. The van der Waals surface area contributed by atoms with Gasteiger partial charge >= 0.3 is 0 Å². The third-order valence-electron chi connectivity index (χ3n) is 5.07. The minimum absolute atomic E-state index is 0. The average Bonchev–Trinajstić information content (AvgIpc) is 3.12. The number of hydrogen-bond acceptors (Lipinski definition) is 4. The fourth-order valence-corrected chi connectivity index (χ4v) is 5.53. The maximum atomic E-state index is 12.8. The third kappa shape index (κ3) is 4.34. The molecule has 3 N–H and O–H groups in total. The summed E-state index contributed by atoms with van der Waals surface area (Å²) in [4.78, 5) is 12.6. The Bertz CT molecular complexity index is 759. The van der Waals surface area contributed by atoms with Gasteiger partial charge in [-0.15, -0.1) is 12.4 Å². The Hall–Kier alpha value is -0.860. The lowest BCUT2D eigenvalue weighted by molar-refractivity contribution is -0.122. The predicted molar refractivity (Wildman–Crippen MR) is 105 cm³/mol. The summed E-state index contributed by atoms with van der Waals surface area (Å²) in [7, 11) is -3.65. The molecule has 1 saturated heterocycles. The number of anilines is 1. The first-order valence-electron chi connectivity index (χ1n) is 8.73. The molecule has 0 aromatic heterocycles. The molecule has 1 aliphatic heterocycles. The number of halogens is 2. The van der Waals surface area contributed by atoms with Crippen molar-refractivity contribution in [3.05, 3.63) is 23.2 Å². The number of amides is 1. The van der Waals surface area contributed by atoms with Gasteiger partial charge in [-0.1, -0.05) is 30.9 Å². The molecule has 3 rings (SSSR count). The quantitative estimate of drug-likeness (QED) is 0.780. The van der Waals surface area contributed by atoms with E-state index in [1.807, 2.05) is 0 Å². The summed E-state index contributed by atoms with van der Waals surface area (Å²) in [6.45, 7) is 1.00. The van der Waals surface area contributed by atoms with Gasteiger partial charge in [0.05, 0.1) is 10.6 Å². The van der Waals surface area contributed by atoms with Gasteiger partial charge in [0, 0.05) is 18.8 Å². The van der Waals surface area contributed by atoms with Crippen LogP contribution in [0.25, 0.3) is 0 Å². The van der Waals surface area contributed by atoms with Crippen molar-refractivity contribution in [2.24, 2.45) is 5.73 Å². The van der Waals surface area contributed by atoms with Crippen LogP contribution in [0.3, 0.4) is 0 Å². The molecule has 2 fully saturated rings. The van der Waals surface area contributed by atoms with Crippen molar-refractivity contribution in [1.82, 2.24) is 4.31 Å². The molecule has 6 nitrogen and oxygen atoms in total. The van der Waals surface area contributed by atoms with Crippen molar-refractivity contribution in [2.45, 2.75) is 55.4 Å². The monoisotopic (exact) mass is 421 g/mol. The number of nitrogens with two attached hydrogens (primary N) is 1. The number of carbonyl (C=O) groups is 1. The Morgan fingerprint density at radius 2 is 1.73 bits per heavy atom. The number of rotatable bonds is 4. The highest BCUT2D eigenvalue weighted by atomic mass is 35.5. The minimum Gasteiger partial charge on any atom is -0.324 e. The SMILES string of the molecule is Cl.NC1(C(=O)Nc2ccc(Cl)c(S(=O)(=O)N3CCCC3)c2)CCCCC1. The molecular formula is C17H25Cl2N3O3S. The molecule has 0 unspecified atom stereocenters. The Morgan fingerprint density at radius 3 is 2.35 bits per heavy atom. The summed E-state index contributed by atoms with van der Waals surface area (Å²) in [5, 5.41) is 2.93. The highest BCUT2D eigenvalue weighted by Gasteiger charge is 2.35. The number of nitrogens with one attached hydrogen (secondary N) is 1. The van der Waals surface area contributed by atoms with Crippen molar-refractivity contribution in [2.75, 3.05) is 18.4 Å². The standard InChI is InChI=1S/C17H24ClN3O3S.ClH/c18-14-7-6-13(20-16(22)17(19)8-2-1-3-9-17)12-15(14)25(23,24)21-10-4-5-11-21;/h6-7,12H,1-5,8-11,19H2,(H,20,22);1H. The van der Waals surface area contributed by atoms with Gasteiger partial charge in [-0.2, -0.15) is 4.31 Å². The van der Waals surface area contributed by atoms with E-state index in [1.165, 1.54) is 16.4 Å².